The van der Waals surface area contributed by atoms with Crippen LogP contribution in [0.2, 0.25) is 0 Å². The maximum atomic E-state index is 14.3. The van der Waals surface area contributed by atoms with E-state index < -0.39 is 11.6 Å². The number of ether oxygens (including phenoxy) is 2. The lowest BCUT2D eigenvalue weighted by atomic mass is 9.78. The fourth-order valence-corrected chi connectivity index (χ4v) is 3.84. The minimum absolute atomic E-state index is 0.0368. The van der Waals surface area contributed by atoms with Crippen LogP contribution in [0, 0.1) is 23.5 Å². The summed E-state index contributed by atoms with van der Waals surface area (Å²) < 4.78 is 39.4. The lowest BCUT2D eigenvalue weighted by Crippen LogP contribution is -2.28. The van der Waals surface area contributed by atoms with E-state index in [1.807, 2.05) is 0 Å². The van der Waals surface area contributed by atoms with Crippen LogP contribution in [0.25, 0.3) is 5.57 Å². The molecule has 1 fully saturated rings. The van der Waals surface area contributed by atoms with Crippen molar-refractivity contribution in [1.29, 1.82) is 0 Å². The number of hydrogen-bond donors (Lipinski definition) is 0. The average Bonchev–Trinajstić information content (AvgIpc) is 2.60. The highest BCUT2D eigenvalue weighted by Crippen LogP contribution is 2.38. The van der Waals surface area contributed by atoms with Crippen molar-refractivity contribution < 1.29 is 18.3 Å². The number of allylic oxidation sites excluding steroid dienone is 1. The van der Waals surface area contributed by atoms with Crippen molar-refractivity contribution in [1.82, 2.24) is 0 Å². The highest BCUT2D eigenvalue weighted by Gasteiger charge is 2.29. The van der Waals surface area contributed by atoms with Crippen LogP contribution in [0.4, 0.5) is 8.78 Å². The second-order valence-electron chi connectivity index (χ2n) is 7.05. The van der Waals surface area contributed by atoms with Crippen LogP contribution in [0.15, 0.2) is 18.4 Å². The lowest BCUT2D eigenvalue weighted by Gasteiger charge is -2.34. The summed E-state index contributed by atoms with van der Waals surface area (Å²) in [5.41, 5.74) is 1.02. The molecule has 4 heteroatoms. The van der Waals surface area contributed by atoms with E-state index >= 15 is 0 Å². The second kappa shape index (κ2) is 7.54. The van der Waals surface area contributed by atoms with Crippen LogP contribution in [-0.4, -0.2) is 12.7 Å². The average molecular weight is 336 g/mol. The summed E-state index contributed by atoms with van der Waals surface area (Å²) in [6.07, 6.45) is 8.41. The molecule has 3 rings (SSSR count). The fourth-order valence-electron chi connectivity index (χ4n) is 3.84. The first-order valence-corrected chi connectivity index (χ1v) is 9.05. The first-order chi connectivity index (χ1) is 11.6. The minimum atomic E-state index is -0.918. The highest BCUT2D eigenvalue weighted by atomic mass is 19.2. The van der Waals surface area contributed by atoms with Gasteiger partial charge in [0.2, 0.25) is 5.82 Å². The highest BCUT2D eigenvalue weighted by molar-refractivity contribution is 5.66. The SMILES string of the molecule is CCOc1ccc(C2=COC(C3CCC(C)CC3)CC2)c(F)c1F. The molecule has 24 heavy (non-hydrogen) atoms. The zero-order valence-electron chi connectivity index (χ0n) is 14.5. The van der Waals surface area contributed by atoms with Gasteiger partial charge in [-0.2, -0.15) is 4.39 Å². The van der Waals surface area contributed by atoms with E-state index in [1.54, 1.807) is 19.3 Å². The van der Waals surface area contributed by atoms with Gasteiger partial charge in [0.05, 0.1) is 12.9 Å². The van der Waals surface area contributed by atoms with Crippen molar-refractivity contribution in [3.05, 3.63) is 35.6 Å². The Morgan fingerprint density at radius 1 is 1.08 bits per heavy atom. The Kier molecular flexibility index (Phi) is 5.42. The molecule has 0 N–H and O–H groups in total. The molecule has 0 saturated heterocycles. The van der Waals surface area contributed by atoms with Gasteiger partial charge >= 0.3 is 0 Å². The van der Waals surface area contributed by atoms with Crippen LogP contribution in [-0.2, 0) is 4.74 Å². The summed E-state index contributed by atoms with van der Waals surface area (Å²) >= 11 is 0. The molecule has 0 bridgehead atoms. The molecule has 1 aliphatic carbocycles. The summed E-state index contributed by atoms with van der Waals surface area (Å²) in [5, 5.41) is 0. The topological polar surface area (TPSA) is 18.5 Å². The van der Waals surface area contributed by atoms with Gasteiger partial charge in [0.15, 0.2) is 11.6 Å². The Morgan fingerprint density at radius 3 is 2.46 bits per heavy atom. The number of benzene rings is 1. The van der Waals surface area contributed by atoms with E-state index in [0.717, 1.165) is 24.3 Å². The Morgan fingerprint density at radius 2 is 1.83 bits per heavy atom. The normalized spacial score (nSPS) is 27.3. The summed E-state index contributed by atoms with van der Waals surface area (Å²) in [4.78, 5) is 0. The van der Waals surface area contributed by atoms with Gasteiger partial charge in [0.25, 0.3) is 0 Å². The van der Waals surface area contributed by atoms with Crippen molar-refractivity contribution in [2.75, 3.05) is 6.61 Å². The fraction of sp³-hybridized carbons (Fsp3) is 0.600. The van der Waals surface area contributed by atoms with E-state index in [4.69, 9.17) is 9.47 Å². The van der Waals surface area contributed by atoms with Crippen molar-refractivity contribution in [3.63, 3.8) is 0 Å². The molecule has 0 radical (unpaired) electrons. The molecule has 1 heterocycles. The van der Waals surface area contributed by atoms with Gasteiger partial charge in [-0.1, -0.05) is 19.8 Å². The van der Waals surface area contributed by atoms with Crippen LogP contribution in [0.1, 0.15) is 57.9 Å². The first-order valence-electron chi connectivity index (χ1n) is 9.05. The molecule has 0 aromatic heterocycles. The van der Waals surface area contributed by atoms with E-state index in [9.17, 15) is 8.78 Å². The summed E-state index contributed by atoms with van der Waals surface area (Å²) in [5.74, 6) is -0.387. The predicted octanol–water partition coefficient (Wildman–Crippen LogP) is 5.71. The van der Waals surface area contributed by atoms with Gasteiger partial charge in [-0.05, 0) is 62.1 Å². The molecule has 0 spiro atoms. The van der Waals surface area contributed by atoms with Crippen molar-refractivity contribution in [2.45, 2.75) is 58.5 Å². The molecule has 1 saturated carbocycles. The van der Waals surface area contributed by atoms with Gasteiger partial charge in [0, 0.05) is 5.56 Å². The maximum absolute atomic E-state index is 14.3. The predicted molar refractivity (Wildman–Crippen MR) is 90.7 cm³/mol. The van der Waals surface area contributed by atoms with Crippen LogP contribution < -0.4 is 4.74 Å². The third kappa shape index (κ3) is 3.57. The van der Waals surface area contributed by atoms with Gasteiger partial charge in [-0.3, -0.25) is 0 Å². The Bertz CT molecular complexity index is 604. The molecule has 2 aliphatic rings. The van der Waals surface area contributed by atoms with Crippen LogP contribution >= 0.6 is 0 Å². The number of halogens is 2. The summed E-state index contributed by atoms with van der Waals surface area (Å²) in [6, 6.07) is 3.08. The van der Waals surface area contributed by atoms with E-state index in [-0.39, 0.29) is 17.4 Å². The molecular weight excluding hydrogens is 310 g/mol. The zero-order chi connectivity index (χ0) is 17.1. The van der Waals surface area contributed by atoms with E-state index in [1.165, 1.54) is 31.7 Å². The monoisotopic (exact) mass is 336 g/mol. The Balaban J connectivity index is 1.70. The van der Waals surface area contributed by atoms with Gasteiger partial charge in [-0.15, -0.1) is 0 Å². The summed E-state index contributed by atoms with van der Waals surface area (Å²) in [7, 11) is 0. The smallest absolute Gasteiger partial charge is 0.201 e. The first kappa shape index (κ1) is 17.2. The van der Waals surface area contributed by atoms with Crippen LogP contribution in [0.5, 0.6) is 5.75 Å². The van der Waals surface area contributed by atoms with E-state index in [2.05, 4.69) is 6.92 Å². The zero-order valence-corrected chi connectivity index (χ0v) is 14.5. The maximum Gasteiger partial charge on any atom is 0.201 e. The minimum Gasteiger partial charge on any atom is -0.497 e. The number of hydrogen-bond acceptors (Lipinski definition) is 2. The molecule has 1 aromatic rings. The summed E-state index contributed by atoms with van der Waals surface area (Å²) in [6.45, 7) is 4.36. The van der Waals surface area contributed by atoms with E-state index in [0.29, 0.717) is 12.5 Å². The largest absolute Gasteiger partial charge is 0.497 e. The van der Waals surface area contributed by atoms with Gasteiger partial charge in [0.1, 0.15) is 6.10 Å². The van der Waals surface area contributed by atoms with Crippen LogP contribution in [0.3, 0.4) is 0 Å². The molecule has 1 aliphatic heterocycles. The van der Waals surface area contributed by atoms with Crippen molar-refractivity contribution >= 4 is 5.57 Å². The molecule has 0 amide bonds. The standard InChI is InChI=1S/C20H26F2O2/c1-3-23-18-11-9-16(19(21)20(18)22)15-8-10-17(24-12-15)14-6-4-13(2)5-7-14/h9,11-14,17H,3-8,10H2,1-2H3. The molecule has 1 atom stereocenters. The molecule has 132 valence electrons. The van der Waals surface area contributed by atoms with Crippen molar-refractivity contribution in [2.24, 2.45) is 11.8 Å². The second-order valence-corrected chi connectivity index (χ2v) is 7.05. The third-order valence-electron chi connectivity index (χ3n) is 5.36. The lowest BCUT2D eigenvalue weighted by molar-refractivity contribution is 0.0469. The van der Waals surface area contributed by atoms with Gasteiger partial charge in [-0.25, -0.2) is 4.39 Å². The van der Waals surface area contributed by atoms with Crippen molar-refractivity contribution in [3.8, 4) is 5.75 Å². The Labute approximate surface area is 142 Å². The molecular formula is C20H26F2O2. The third-order valence-corrected chi connectivity index (χ3v) is 5.36. The quantitative estimate of drug-likeness (QED) is 0.701. The molecule has 1 aromatic carbocycles. The number of rotatable bonds is 4. The molecule has 1 unspecified atom stereocenters. The van der Waals surface area contributed by atoms with Gasteiger partial charge < -0.3 is 9.47 Å². The molecule has 2 nitrogen and oxygen atoms in total. The Hall–Kier alpha value is -1.58.